The molecule has 2 aliphatic rings. The maximum atomic E-state index is 13.1. The predicted molar refractivity (Wildman–Crippen MR) is 97.2 cm³/mol. The zero-order chi connectivity index (χ0) is 20.9. The Morgan fingerprint density at radius 2 is 1.82 bits per heavy atom. The number of fused-ring (bicyclic) bond motifs is 1. The minimum Gasteiger partial charge on any atom is -0.459 e. The van der Waals surface area contributed by atoms with E-state index in [1.165, 1.54) is 13.8 Å². The highest BCUT2D eigenvalue weighted by Crippen LogP contribution is 2.51. The lowest BCUT2D eigenvalue weighted by molar-refractivity contribution is -0.202. The average Bonchev–Trinajstić information content (AvgIpc) is 2.79. The number of amides is 2. The van der Waals surface area contributed by atoms with Gasteiger partial charge in [-0.2, -0.15) is 0 Å². The van der Waals surface area contributed by atoms with Crippen molar-refractivity contribution in [1.82, 2.24) is 10.2 Å². The highest BCUT2D eigenvalue weighted by molar-refractivity contribution is 7.94. The van der Waals surface area contributed by atoms with Crippen LogP contribution in [0.2, 0.25) is 0 Å². The van der Waals surface area contributed by atoms with Gasteiger partial charge in [0.1, 0.15) is 11.4 Å². The van der Waals surface area contributed by atoms with E-state index in [1.807, 2.05) is 6.07 Å². The van der Waals surface area contributed by atoms with Gasteiger partial charge in [0, 0.05) is 14.0 Å². The molecule has 0 aromatic heterocycles. The van der Waals surface area contributed by atoms with Crippen LogP contribution in [0.1, 0.15) is 26.3 Å². The third-order valence-electron chi connectivity index (χ3n) is 5.25. The molecule has 1 N–H and O–H groups in total. The Bertz CT molecular complexity index is 929. The summed E-state index contributed by atoms with van der Waals surface area (Å²) in [6.45, 7) is 3.81. The number of hydrogen-bond donors (Lipinski definition) is 1. The number of nitrogens with one attached hydrogen (secondary N) is 1. The Morgan fingerprint density at radius 1 is 1.21 bits per heavy atom. The summed E-state index contributed by atoms with van der Waals surface area (Å²) in [5, 5.41) is 0.782. The maximum Gasteiger partial charge on any atom is 0.330 e. The van der Waals surface area contributed by atoms with Crippen molar-refractivity contribution in [3.05, 3.63) is 35.9 Å². The van der Waals surface area contributed by atoms with Crippen LogP contribution in [0.4, 0.5) is 0 Å². The van der Waals surface area contributed by atoms with Gasteiger partial charge in [-0.3, -0.25) is 9.59 Å². The van der Waals surface area contributed by atoms with Crippen LogP contribution in [-0.2, 0) is 40.3 Å². The van der Waals surface area contributed by atoms with Crippen molar-refractivity contribution in [1.29, 1.82) is 0 Å². The van der Waals surface area contributed by atoms with Crippen LogP contribution >= 0.6 is 0 Å². The predicted octanol–water partition coefficient (Wildman–Crippen LogP) is -0.0475. The first-order chi connectivity index (χ1) is 13.0. The Balaban J connectivity index is 1.92. The smallest absolute Gasteiger partial charge is 0.330 e. The molecule has 0 radical (unpaired) electrons. The molecule has 0 saturated carbocycles. The lowest BCUT2D eigenvalue weighted by Gasteiger charge is -2.50. The molecule has 152 valence electrons. The van der Waals surface area contributed by atoms with Crippen LogP contribution < -0.4 is 5.32 Å². The molecule has 9 nitrogen and oxygen atoms in total. The van der Waals surface area contributed by atoms with Gasteiger partial charge in [0.05, 0.1) is 0 Å². The van der Waals surface area contributed by atoms with Crippen molar-refractivity contribution in [3.8, 4) is 0 Å². The molecule has 1 aromatic rings. The minimum absolute atomic E-state index is 0.0554. The van der Waals surface area contributed by atoms with E-state index in [9.17, 15) is 22.8 Å². The summed E-state index contributed by atoms with van der Waals surface area (Å²) in [5.41, 5.74) is -1.32. The van der Waals surface area contributed by atoms with Gasteiger partial charge < -0.3 is 19.7 Å². The number of ether oxygens (including phenoxy) is 2. The molecular formula is C18H22N2O7S. The zero-order valence-electron chi connectivity index (χ0n) is 16.0. The fraction of sp³-hybridized carbons (Fsp3) is 0.500. The Morgan fingerprint density at radius 3 is 2.36 bits per heavy atom. The first-order valence-electron chi connectivity index (χ1n) is 8.61. The van der Waals surface area contributed by atoms with E-state index in [-0.39, 0.29) is 6.61 Å². The van der Waals surface area contributed by atoms with Crippen LogP contribution in [-0.4, -0.2) is 60.1 Å². The van der Waals surface area contributed by atoms with Crippen molar-refractivity contribution in [2.24, 2.45) is 0 Å². The lowest BCUT2D eigenvalue weighted by Crippen LogP contribution is -2.81. The fourth-order valence-electron chi connectivity index (χ4n) is 3.75. The number of β-lactam (4-membered cyclic amide) rings is 1. The molecule has 2 saturated heterocycles. The summed E-state index contributed by atoms with van der Waals surface area (Å²) < 4.78 is 35.1. The van der Waals surface area contributed by atoms with Crippen molar-refractivity contribution in [3.63, 3.8) is 0 Å². The van der Waals surface area contributed by atoms with E-state index in [0.717, 1.165) is 24.5 Å². The Labute approximate surface area is 162 Å². The van der Waals surface area contributed by atoms with E-state index in [0.29, 0.717) is 0 Å². The summed E-state index contributed by atoms with van der Waals surface area (Å²) in [4.78, 5) is 38.1. The van der Waals surface area contributed by atoms with Gasteiger partial charge in [-0.05, 0) is 19.4 Å². The third-order valence-corrected chi connectivity index (χ3v) is 8.08. The van der Waals surface area contributed by atoms with Gasteiger partial charge in [0.15, 0.2) is 21.3 Å². The van der Waals surface area contributed by atoms with Gasteiger partial charge in [-0.1, -0.05) is 30.3 Å². The molecule has 3 rings (SSSR count). The molecule has 0 spiro atoms. The first-order valence-corrected chi connectivity index (χ1v) is 10.2. The van der Waals surface area contributed by atoms with E-state index < -0.39 is 49.5 Å². The number of sulfone groups is 1. The average molecular weight is 410 g/mol. The van der Waals surface area contributed by atoms with Gasteiger partial charge in [-0.25, -0.2) is 13.2 Å². The molecule has 0 aliphatic carbocycles. The quantitative estimate of drug-likeness (QED) is 0.411. The summed E-state index contributed by atoms with van der Waals surface area (Å²) in [5.74, 6) is -2.26. The molecule has 2 fully saturated rings. The second kappa shape index (κ2) is 6.56. The van der Waals surface area contributed by atoms with E-state index >= 15 is 0 Å². The highest BCUT2D eigenvalue weighted by atomic mass is 32.2. The van der Waals surface area contributed by atoms with Crippen molar-refractivity contribution < 1.29 is 32.3 Å². The van der Waals surface area contributed by atoms with Crippen LogP contribution in [0.5, 0.6) is 0 Å². The van der Waals surface area contributed by atoms with E-state index in [1.54, 1.807) is 24.3 Å². The van der Waals surface area contributed by atoms with Crippen LogP contribution in [0.15, 0.2) is 30.3 Å². The normalized spacial score (nSPS) is 29.6. The monoisotopic (exact) mass is 410 g/mol. The summed E-state index contributed by atoms with van der Waals surface area (Å²) in [7, 11) is -2.94. The summed E-state index contributed by atoms with van der Waals surface area (Å²) >= 11 is 0. The van der Waals surface area contributed by atoms with E-state index in [2.05, 4.69) is 5.32 Å². The number of nitrogens with zero attached hydrogens (tertiary/aromatic N) is 1. The van der Waals surface area contributed by atoms with Crippen molar-refractivity contribution in [2.75, 3.05) is 7.11 Å². The summed E-state index contributed by atoms with van der Waals surface area (Å²) in [6, 6.07) is 7.54. The molecule has 2 aliphatic heterocycles. The topological polar surface area (TPSA) is 119 Å². The molecule has 28 heavy (non-hydrogen) atoms. The molecule has 0 unspecified atom stereocenters. The first kappa shape index (κ1) is 20.3. The molecule has 10 heteroatoms. The van der Waals surface area contributed by atoms with Gasteiger partial charge >= 0.3 is 5.97 Å². The second-order valence-electron chi connectivity index (χ2n) is 7.33. The molecular weight excluding hydrogens is 388 g/mol. The third kappa shape index (κ3) is 2.62. The summed E-state index contributed by atoms with van der Waals surface area (Å²) in [6.07, 6.45) is 0. The number of carbonyl (C=O) groups is 3. The molecule has 2 heterocycles. The molecule has 0 bridgehead atoms. The van der Waals surface area contributed by atoms with Crippen LogP contribution in [0.3, 0.4) is 0 Å². The fourth-order valence-corrected chi connectivity index (χ4v) is 6.06. The van der Waals surface area contributed by atoms with Crippen molar-refractivity contribution in [2.45, 2.75) is 49.3 Å². The Kier molecular flexibility index (Phi) is 4.75. The lowest BCUT2D eigenvalue weighted by atomic mass is 9.93. The number of methoxy groups -OCH3 is 1. The maximum absolute atomic E-state index is 13.1. The minimum atomic E-state index is -4.08. The Hall–Kier alpha value is -2.46. The molecule has 3 atom stereocenters. The van der Waals surface area contributed by atoms with Crippen molar-refractivity contribution >= 4 is 27.6 Å². The van der Waals surface area contributed by atoms with Gasteiger partial charge in [0.25, 0.3) is 11.6 Å². The highest BCUT2D eigenvalue weighted by Gasteiger charge is 2.80. The van der Waals surface area contributed by atoms with E-state index in [4.69, 9.17) is 9.47 Å². The largest absolute Gasteiger partial charge is 0.459 e. The number of rotatable bonds is 5. The second-order valence-corrected chi connectivity index (χ2v) is 9.92. The number of benzene rings is 1. The van der Waals surface area contributed by atoms with Crippen LogP contribution in [0.25, 0.3) is 0 Å². The standard InChI is InChI=1S/C18H22N2O7S/c1-11(21)19-18(26-4)15(23)20-13(17(2,3)28(24,25)16(18)20)14(22)27-10-12-8-6-5-7-9-12/h5-9,13,16H,10H2,1-4H3,(H,19,21)/t13-,16+,18+/m0/s1. The SMILES string of the molecule is CO[C@]1(NC(C)=O)C(=O)N2[C@@H](C(=O)OCc3ccccc3)C(C)(C)S(=O)(=O)[C@@H]21. The number of esters is 1. The molecule has 2 amide bonds. The van der Waals surface area contributed by atoms with Crippen LogP contribution in [0, 0.1) is 0 Å². The number of carbonyl (C=O) groups excluding carboxylic acids is 3. The van der Waals surface area contributed by atoms with Gasteiger partial charge in [-0.15, -0.1) is 0 Å². The molecule has 1 aromatic carbocycles. The zero-order valence-corrected chi connectivity index (χ0v) is 16.8. The van der Waals surface area contributed by atoms with Gasteiger partial charge in [0.2, 0.25) is 5.91 Å². The number of hydrogen-bond acceptors (Lipinski definition) is 7.